The Hall–Kier alpha value is -1.72. The van der Waals surface area contributed by atoms with E-state index >= 15 is 0 Å². The van der Waals surface area contributed by atoms with E-state index in [1.165, 1.54) is 7.11 Å². The molecule has 0 atom stereocenters. The molecule has 1 amide bonds. The van der Waals surface area contributed by atoms with Crippen LogP contribution in [0.2, 0.25) is 10.0 Å². The van der Waals surface area contributed by atoms with Crippen LogP contribution in [0.1, 0.15) is 16.1 Å². The average Bonchev–Trinajstić information content (AvgIpc) is 2.62. The molecule has 0 aliphatic rings. The number of hydrogen-bond acceptors (Lipinski definition) is 3. The molecule has 0 aliphatic heterocycles. The Balaban J connectivity index is 2.32. The Morgan fingerprint density at radius 1 is 1.30 bits per heavy atom. The zero-order chi connectivity index (χ0) is 14.9. The number of rotatable bonds is 3. The van der Waals surface area contributed by atoms with E-state index in [0.717, 1.165) is 0 Å². The molecule has 0 radical (unpaired) electrons. The number of nitrogens with zero attached hydrogens (tertiary/aromatic N) is 2. The first kappa shape index (κ1) is 14.7. The molecule has 0 saturated heterocycles. The molecule has 1 N–H and O–H groups in total. The molecule has 5 nitrogen and oxygen atoms in total. The number of carbonyl (C=O) groups excluding carboxylic acids is 1. The van der Waals surface area contributed by atoms with E-state index < -0.39 is 0 Å². The quantitative estimate of drug-likeness (QED) is 0.946. The molecule has 1 heterocycles. The van der Waals surface area contributed by atoms with Crippen LogP contribution in [0.3, 0.4) is 0 Å². The SMILES string of the molecule is COc1c(NC(=O)c2cc(Cl)cc(Cl)c2)c(C)nn1C. The topological polar surface area (TPSA) is 56.1 Å². The zero-order valence-electron chi connectivity index (χ0n) is 11.2. The summed E-state index contributed by atoms with van der Waals surface area (Å²) in [4.78, 5) is 12.2. The van der Waals surface area contributed by atoms with Gasteiger partial charge in [0.2, 0.25) is 5.88 Å². The number of methoxy groups -OCH3 is 1. The number of hydrogen-bond donors (Lipinski definition) is 1. The number of aromatic nitrogens is 2. The lowest BCUT2D eigenvalue weighted by Crippen LogP contribution is -2.13. The molecule has 106 valence electrons. The van der Waals surface area contributed by atoms with Crippen molar-refractivity contribution in [2.45, 2.75) is 6.92 Å². The average molecular weight is 314 g/mol. The molecular weight excluding hydrogens is 301 g/mol. The number of nitrogens with one attached hydrogen (secondary N) is 1. The summed E-state index contributed by atoms with van der Waals surface area (Å²) < 4.78 is 6.77. The van der Waals surface area contributed by atoms with Gasteiger partial charge < -0.3 is 10.1 Å². The highest BCUT2D eigenvalue weighted by Gasteiger charge is 2.17. The van der Waals surface area contributed by atoms with Crippen molar-refractivity contribution in [2.75, 3.05) is 12.4 Å². The monoisotopic (exact) mass is 313 g/mol. The van der Waals surface area contributed by atoms with Gasteiger partial charge in [0.15, 0.2) is 0 Å². The van der Waals surface area contributed by atoms with Crippen molar-refractivity contribution in [2.24, 2.45) is 7.05 Å². The second-order valence-electron chi connectivity index (χ2n) is 4.21. The fraction of sp³-hybridized carbons (Fsp3) is 0.231. The van der Waals surface area contributed by atoms with Crippen molar-refractivity contribution in [1.29, 1.82) is 0 Å². The lowest BCUT2D eigenvalue weighted by atomic mass is 10.2. The van der Waals surface area contributed by atoms with Gasteiger partial charge in [0.1, 0.15) is 5.69 Å². The summed E-state index contributed by atoms with van der Waals surface area (Å²) in [7, 11) is 3.25. The van der Waals surface area contributed by atoms with Gasteiger partial charge in [0, 0.05) is 22.7 Å². The van der Waals surface area contributed by atoms with Crippen LogP contribution in [0, 0.1) is 6.92 Å². The van der Waals surface area contributed by atoms with Crippen LogP contribution in [-0.4, -0.2) is 22.8 Å². The first-order valence-corrected chi connectivity index (χ1v) is 6.53. The molecule has 1 aromatic carbocycles. The first-order chi connectivity index (χ1) is 9.42. The van der Waals surface area contributed by atoms with Crippen LogP contribution in [0.15, 0.2) is 18.2 Å². The standard InChI is InChI=1S/C13H13Cl2N3O2/c1-7-11(13(20-3)18(2)17-7)16-12(19)8-4-9(14)6-10(15)5-8/h4-6H,1-3H3,(H,16,19). The third-order valence-corrected chi connectivity index (χ3v) is 3.16. The number of ether oxygens (including phenoxy) is 1. The van der Waals surface area contributed by atoms with Crippen molar-refractivity contribution in [3.63, 3.8) is 0 Å². The molecular formula is C13H13Cl2N3O2. The van der Waals surface area contributed by atoms with Gasteiger partial charge in [-0.05, 0) is 25.1 Å². The van der Waals surface area contributed by atoms with Gasteiger partial charge in [-0.1, -0.05) is 23.2 Å². The van der Waals surface area contributed by atoms with E-state index in [2.05, 4.69) is 10.4 Å². The summed E-state index contributed by atoms with van der Waals surface area (Å²) >= 11 is 11.8. The fourth-order valence-electron chi connectivity index (χ4n) is 1.89. The minimum Gasteiger partial charge on any atom is -0.480 e. The number of benzene rings is 1. The third-order valence-electron chi connectivity index (χ3n) is 2.73. The summed E-state index contributed by atoms with van der Waals surface area (Å²) in [5.74, 6) is 0.146. The predicted molar refractivity (Wildman–Crippen MR) is 78.9 cm³/mol. The maximum absolute atomic E-state index is 12.2. The summed E-state index contributed by atoms with van der Waals surface area (Å²) in [6, 6.07) is 4.65. The Labute approximate surface area is 126 Å². The van der Waals surface area contributed by atoms with E-state index in [1.54, 1.807) is 36.9 Å². The maximum Gasteiger partial charge on any atom is 0.255 e. The lowest BCUT2D eigenvalue weighted by molar-refractivity contribution is 0.102. The van der Waals surface area contributed by atoms with Gasteiger partial charge in [-0.15, -0.1) is 0 Å². The molecule has 1 aromatic heterocycles. The highest BCUT2D eigenvalue weighted by Crippen LogP contribution is 2.28. The predicted octanol–water partition coefficient (Wildman–Crippen LogP) is 3.30. The van der Waals surface area contributed by atoms with Crippen LogP contribution in [0.5, 0.6) is 5.88 Å². The van der Waals surface area contributed by atoms with Crippen molar-refractivity contribution in [1.82, 2.24) is 9.78 Å². The minimum atomic E-state index is -0.330. The fourth-order valence-corrected chi connectivity index (χ4v) is 2.41. The normalized spacial score (nSPS) is 10.4. The van der Waals surface area contributed by atoms with Crippen molar-refractivity contribution >= 4 is 34.8 Å². The second-order valence-corrected chi connectivity index (χ2v) is 5.08. The van der Waals surface area contributed by atoms with E-state index in [4.69, 9.17) is 27.9 Å². The highest BCUT2D eigenvalue weighted by molar-refractivity contribution is 6.35. The van der Waals surface area contributed by atoms with Crippen molar-refractivity contribution < 1.29 is 9.53 Å². The van der Waals surface area contributed by atoms with Crippen LogP contribution >= 0.6 is 23.2 Å². The lowest BCUT2D eigenvalue weighted by Gasteiger charge is -2.08. The zero-order valence-corrected chi connectivity index (χ0v) is 12.7. The molecule has 0 aliphatic carbocycles. The highest BCUT2D eigenvalue weighted by atomic mass is 35.5. The number of carbonyl (C=O) groups is 1. The summed E-state index contributed by atoms with van der Waals surface area (Å²) in [6.45, 7) is 1.78. The van der Waals surface area contributed by atoms with Gasteiger partial charge in [-0.3, -0.25) is 4.79 Å². The second kappa shape index (κ2) is 5.73. The van der Waals surface area contributed by atoms with Gasteiger partial charge >= 0.3 is 0 Å². The smallest absolute Gasteiger partial charge is 0.255 e. The van der Waals surface area contributed by atoms with E-state index in [1.807, 2.05) is 0 Å². The van der Waals surface area contributed by atoms with Crippen molar-refractivity contribution in [3.05, 3.63) is 39.5 Å². The summed E-state index contributed by atoms with van der Waals surface area (Å²) in [5.41, 5.74) is 1.55. The molecule has 0 bridgehead atoms. The number of anilines is 1. The summed E-state index contributed by atoms with van der Waals surface area (Å²) in [6.07, 6.45) is 0. The van der Waals surface area contributed by atoms with Gasteiger partial charge in [0.05, 0.1) is 12.8 Å². The molecule has 7 heteroatoms. The Morgan fingerprint density at radius 3 is 2.45 bits per heavy atom. The minimum absolute atomic E-state index is 0.330. The van der Waals surface area contributed by atoms with Gasteiger partial charge in [-0.25, -0.2) is 4.68 Å². The van der Waals surface area contributed by atoms with E-state index in [9.17, 15) is 4.79 Å². The Morgan fingerprint density at radius 2 is 1.90 bits per heavy atom. The van der Waals surface area contributed by atoms with Crippen LogP contribution in [0.25, 0.3) is 0 Å². The molecule has 0 spiro atoms. The molecule has 0 fully saturated rings. The largest absolute Gasteiger partial charge is 0.480 e. The molecule has 0 saturated carbocycles. The van der Waals surface area contributed by atoms with Gasteiger partial charge in [0.25, 0.3) is 5.91 Å². The number of halogens is 2. The molecule has 20 heavy (non-hydrogen) atoms. The van der Waals surface area contributed by atoms with Crippen LogP contribution in [0.4, 0.5) is 5.69 Å². The van der Waals surface area contributed by atoms with E-state index in [0.29, 0.717) is 32.9 Å². The van der Waals surface area contributed by atoms with Crippen LogP contribution < -0.4 is 10.1 Å². The van der Waals surface area contributed by atoms with Gasteiger partial charge in [-0.2, -0.15) is 5.10 Å². The third kappa shape index (κ3) is 2.89. The summed E-state index contributed by atoms with van der Waals surface area (Å²) in [5, 5.41) is 7.75. The molecule has 0 unspecified atom stereocenters. The maximum atomic E-state index is 12.2. The Bertz CT molecular complexity index is 648. The molecule has 2 rings (SSSR count). The number of aryl methyl sites for hydroxylation is 2. The van der Waals surface area contributed by atoms with Crippen molar-refractivity contribution in [3.8, 4) is 5.88 Å². The van der Waals surface area contributed by atoms with Crippen LogP contribution in [-0.2, 0) is 7.05 Å². The first-order valence-electron chi connectivity index (χ1n) is 5.77. The molecule has 2 aromatic rings. The van der Waals surface area contributed by atoms with E-state index in [-0.39, 0.29) is 5.91 Å². The number of amides is 1. The Kier molecular flexibility index (Phi) is 4.20.